The largest absolute Gasteiger partial charge is 0.497 e. The molecular formula is C23H35N3O4. The van der Waals surface area contributed by atoms with Crippen molar-refractivity contribution in [2.45, 2.75) is 59.0 Å². The minimum absolute atomic E-state index is 0.000327. The Kier molecular flexibility index (Phi) is 8.69. The van der Waals surface area contributed by atoms with E-state index in [-0.39, 0.29) is 35.6 Å². The first-order valence-electron chi connectivity index (χ1n) is 10.8. The molecule has 0 aromatic heterocycles. The number of rotatable bonds is 8. The van der Waals surface area contributed by atoms with E-state index in [1.165, 1.54) is 0 Å². The van der Waals surface area contributed by atoms with E-state index in [0.29, 0.717) is 43.7 Å². The first kappa shape index (κ1) is 23.7. The van der Waals surface area contributed by atoms with Crippen molar-refractivity contribution in [3.05, 3.63) is 29.8 Å². The number of carbonyl (C=O) groups is 3. The van der Waals surface area contributed by atoms with E-state index in [1.54, 1.807) is 31.4 Å². The average molecular weight is 418 g/mol. The molecule has 3 amide bonds. The zero-order valence-electron chi connectivity index (χ0n) is 18.7. The van der Waals surface area contributed by atoms with Gasteiger partial charge in [0.2, 0.25) is 11.8 Å². The Hall–Kier alpha value is -2.57. The molecule has 0 bridgehead atoms. The predicted octanol–water partition coefficient (Wildman–Crippen LogP) is 2.60. The van der Waals surface area contributed by atoms with Crippen molar-refractivity contribution in [1.29, 1.82) is 0 Å². The van der Waals surface area contributed by atoms with Gasteiger partial charge in [-0.25, -0.2) is 0 Å². The first-order chi connectivity index (χ1) is 14.3. The van der Waals surface area contributed by atoms with Crippen LogP contribution in [-0.4, -0.2) is 54.9 Å². The number of hydrogen-bond donors (Lipinski definition) is 2. The summed E-state index contributed by atoms with van der Waals surface area (Å²) in [6.45, 7) is 9.13. The molecule has 30 heavy (non-hydrogen) atoms. The van der Waals surface area contributed by atoms with Gasteiger partial charge in [0.15, 0.2) is 0 Å². The highest BCUT2D eigenvalue weighted by molar-refractivity contribution is 5.97. The minimum atomic E-state index is -0.639. The summed E-state index contributed by atoms with van der Waals surface area (Å²) >= 11 is 0. The van der Waals surface area contributed by atoms with Crippen LogP contribution in [0.1, 0.15) is 57.3 Å². The van der Waals surface area contributed by atoms with Crippen LogP contribution in [0.15, 0.2) is 24.3 Å². The lowest BCUT2D eigenvalue weighted by atomic mass is 9.88. The maximum absolute atomic E-state index is 13.1. The van der Waals surface area contributed by atoms with E-state index in [2.05, 4.69) is 10.6 Å². The molecule has 0 unspecified atom stereocenters. The monoisotopic (exact) mass is 417 g/mol. The summed E-state index contributed by atoms with van der Waals surface area (Å²) < 4.78 is 5.14. The van der Waals surface area contributed by atoms with Crippen molar-refractivity contribution in [1.82, 2.24) is 15.5 Å². The Balaban J connectivity index is 2.13. The van der Waals surface area contributed by atoms with Crippen molar-refractivity contribution in [2.24, 2.45) is 11.8 Å². The van der Waals surface area contributed by atoms with Crippen molar-refractivity contribution < 1.29 is 19.1 Å². The van der Waals surface area contributed by atoms with Gasteiger partial charge in [0.1, 0.15) is 11.8 Å². The summed E-state index contributed by atoms with van der Waals surface area (Å²) in [6, 6.07) is 6.17. The third-order valence-electron chi connectivity index (χ3n) is 5.96. The lowest BCUT2D eigenvalue weighted by Gasteiger charge is -2.36. The fourth-order valence-corrected chi connectivity index (χ4v) is 3.55. The molecule has 2 N–H and O–H groups in total. The van der Waals surface area contributed by atoms with Crippen LogP contribution >= 0.6 is 0 Å². The molecule has 0 radical (unpaired) electrons. The second kappa shape index (κ2) is 11.0. The second-order valence-corrected chi connectivity index (χ2v) is 8.29. The molecule has 2 atom stereocenters. The van der Waals surface area contributed by atoms with Crippen molar-refractivity contribution in [3.63, 3.8) is 0 Å². The van der Waals surface area contributed by atoms with Crippen molar-refractivity contribution in [2.75, 3.05) is 20.2 Å². The van der Waals surface area contributed by atoms with Gasteiger partial charge >= 0.3 is 0 Å². The Bertz CT molecular complexity index is 724. The number of ether oxygens (including phenoxy) is 1. The molecule has 7 nitrogen and oxygen atoms in total. The molecule has 7 heteroatoms. The predicted molar refractivity (Wildman–Crippen MR) is 116 cm³/mol. The van der Waals surface area contributed by atoms with E-state index in [9.17, 15) is 14.4 Å². The van der Waals surface area contributed by atoms with E-state index in [0.717, 1.165) is 0 Å². The fourth-order valence-electron chi connectivity index (χ4n) is 3.55. The van der Waals surface area contributed by atoms with Gasteiger partial charge < -0.3 is 20.3 Å². The third-order valence-corrected chi connectivity index (χ3v) is 5.96. The molecule has 0 saturated carbocycles. The summed E-state index contributed by atoms with van der Waals surface area (Å²) in [7, 11) is 1.57. The number of methoxy groups -OCH3 is 1. The number of hydrogen-bond acceptors (Lipinski definition) is 4. The van der Waals surface area contributed by atoms with Crippen molar-refractivity contribution in [3.8, 4) is 5.75 Å². The van der Waals surface area contributed by atoms with Gasteiger partial charge in [0.25, 0.3) is 5.91 Å². The van der Waals surface area contributed by atoms with Crippen molar-refractivity contribution >= 4 is 17.7 Å². The summed E-state index contributed by atoms with van der Waals surface area (Å²) in [5.74, 6) is 0.605. The van der Waals surface area contributed by atoms with Crippen LogP contribution in [0.25, 0.3) is 0 Å². The maximum atomic E-state index is 13.1. The zero-order valence-corrected chi connectivity index (χ0v) is 18.7. The number of benzene rings is 1. The fraction of sp³-hybridized carbons (Fsp3) is 0.609. The van der Waals surface area contributed by atoms with E-state index < -0.39 is 6.04 Å². The lowest BCUT2D eigenvalue weighted by molar-refractivity contribution is -0.132. The molecule has 166 valence electrons. The molecule has 1 aromatic carbocycles. The molecule has 2 rings (SSSR count). The Morgan fingerprint density at radius 2 is 1.67 bits per heavy atom. The van der Waals surface area contributed by atoms with Gasteiger partial charge in [-0.1, -0.05) is 20.8 Å². The van der Waals surface area contributed by atoms with Crippen LogP contribution in [0, 0.1) is 11.8 Å². The zero-order chi connectivity index (χ0) is 22.3. The Morgan fingerprint density at radius 3 is 2.17 bits per heavy atom. The molecular weight excluding hydrogens is 382 g/mol. The highest BCUT2D eigenvalue weighted by Gasteiger charge is 2.34. The maximum Gasteiger partial charge on any atom is 0.251 e. The number of likely N-dealkylation sites (tertiary alicyclic amines) is 1. The smallest absolute Gasteiger partial charge is 0.251 e. The van der Waals surface area contributed by atoms with Gasteiger partial charge in [-0.15, -0.1) is 0 Å². The number of amides is 3. The second-order valence-electron chi connectivity index (χ2n) is 8.29. The molecule has 1 aromatic rings. The summed E-state index contributed by atoms with van der Waals surface area (Å²) in [4.78, 5) is 39.7. The Morgan fingerprint density at radius 1 is 1.07 bits per heavy atom. The summed E-state index contributed by atoms with van der Waals surface area (Å²) in [6.07, 6.45) is 1.85. The van der Waals surface area contributed by atoms with E-state index in [1.807, 2.05) is 32.6 Å². The lowest BCUT2D eigenvalue weighted by Crippen LogP contribution is -2.55. The number of nitrogens with zero attached hydrogens (tertiary/aromatic N) is 1. The standard InChI is InChI=1S/C23H35N3O4/c1-6-20(27)26-13-11-17(12-14-26)21(23(29)24-16(4)15(2)3)25-22(28)18-7-9-19(30-5)10-8-18/h7-10,15-17,21H,6,11-14H2,1-5H3,(H,24,29)(H,25,28)/t16-,21+/m0/s1. The molecule has 1 fully saturated rings. The minimum Gasteiger partial charge on any atom is -0.497 e. The van der Waals surface area contributed by atoms with E-state index in [4.69, 9.17) is 4.74 Å². The highest BCUT2D eigenvalue weighted by Crippen LogP contribution is 2.23. The van der Waals surface area contributed by atoms with Gasteiger partial charge in [-0.2, -0.15) is 0 Å². The summed E-state index contributed by atoms with van der Waals surface area (Å²) in [5, 5.41) is 5.99. The number of carbonyl (C=O) groups excluding carboxylic acids is 3. The van der Waals surface area contributed by atoms with Gasteiger partial charge in [0, 0.05) is 31.1 Å². The molecule has 1 aliphatic rings. The van der Waals surface area contributed by atoms with Crippen LogP contribution in [0.3, 0.4) is 0 Å². The SMILES string of the molecule is CCC(=O)N1CCC([C@@H](NC(=O)c2ccc(OC)cc2)C(=O)N[C@@H](C)C(C)C)CC1. The first-order valence-corrected chi connectivity index (χ1v) is 10.8. The normalized spacial score (nSPS) is 16.7. The molecule has 1 heterocycles. The quantitative estimate of drug-likeness (QED) is 0.681. The highest BCUT2D eigenvalue weighted by atomic mass is 16.5. The van der Waals surface area contributed by atoms with Crippen LogP contribution in [-0.2, 0) is 9.59 Å². The topological polar surface area (TPSA) is 87.7 Å². The van der Waals surface area contributed by atoms with Crippen LogP contribution in [0.5, 0.6) is 5.75 Å². The number of piperidine rings is 1. The van der Waals surface area contributed by atoms with Crippen LogP contribution < -0.4 is 15.4 Å². The van der Waals surface area contributed by atoms with Crippen LogP contribution in [0.2, 0.25) is 0 Å². The van der Waals surface area contributed by atoms with Crippen LogP contribution in [0.4, 0.5) is 0 Å². The van der Waals surface area contributed by atoms with Gasteiger partial charge in [-0.3, -0.25) is 14.4 Å². The summed E-state index contributed by atoms with van der Waals surface area (Å²) in [5.41, 5.74) is 0.476. The van der Waals surface area contributed by atoms with Gasteiger partial charge in [0.05, 0.1) is 7.11 Å². The average Bonchev–Trinajstić information content (AvgIpc) is 2.76. The molecule has 1 saturated heterocycles. The molecule has 0 spiro atoms. The molecule has 0 aliphatic carbocycles. The van der Waals surface area contributed by atoms with Gasteiger partial charge in [-0.05, 0) is 55.9 Å². The Labute approximate surface area is 179 Å². The third kappa shape index (κ3) is 6.21. The molecule has 1 aliphatic heterocycles. The van der Waals surface area contributed by atoms with E-state index >= 15 is 0 Å². The number of nitrogens with one attached hydrogen (secondary N) is 2.